The average Bonchev–Trinajstić information content (AvgIpc) is 3.34. The quantitative estimate of drug-likeness (QED) is 0.0713. The van der Waals surface area contributed by atoms with Crippen LogP contribution in [0.1, 0.15) is 33.4 Å². The molecule has 0 amide bonds. The van der Waals surface area contributed by atoms with Crippen molar-refractivity contribution in [1.82, 2.24) is 0 Å². The van der Waals surface area contributed by atoms with E-state index in [1.807, 2.05) is 206 Å². The lowest BCUT2D eigenvalue weighted by atomic mass is 10.2. The highest BCUT2D eigenvalue weighted by Crippen LogP contribution is 2.29. The van der Waals surface area contributed by atoms with Crippen LogP contribution in [0.3, 0.4) is 0 Å². The number of hydrogen-bond acceptors (Lipinski definition) is 8. The van der Waals surface area contributed by atoms with Crippen molar-refractivity contribution in [2.75, 3.05) is 0 Å². The molecule has 0 radical (unpaired) electrons. The molecular weight excluding hydrogens is 773 g/mol. The van der Waals surface area contributed by atoms with Gasteiger partial charge in [0.25, 0.3) is 0 Å². The molecule has 0 saturated heterocycles. The Morgan fingerprint density at radius 2 is 0.468 bits per heavy atom. The van der Waals surface area contributed by atoms with Crippen molar-refractivity contribution in [2.24, 2.45) is 10.2 Å². The zero-order valence-corrected chi connectivity index (χ0v) is 34.2. The Kier molecular flexibility index (Phi) is 14.1. The van der Waals surface area contributed by atoms with Gasteiger partial charge in [0.15, 0.2) is 0 Å². The normalized spacial score (nSPS) is 10.9. The standard InChI is InChI=1S/C54H46N2O6/c1-5-13-41(14-6-1)35-59-51-29-45(30-52(33-51)60-36-42-15-7-2-8-16-42)39-57-49-25-21-47(22-26-49)55-56-48-23-27-50(28-24-48)58-40-46-31-53(61-37-43-17-9-3-10-18-43)34-54(32-46)62-38-44-19-11-4-12-20-44/h1-34H,35-40H2. The van der Waals surface area contributed by atoms with Crippen molar-refractivity contribution in [1.29, 1.82) is 0 Å². The van der Waals surface area contributed by atoms with E-state index in [1.165, 1.54) is 0 Å². The van der Waals surface area contributed by atoms with E-state index in [1.54, 1.807) is 0 Å². The van der Waals surface area contributed by atoms with Crippen molar-refractivity contribution < 1.29 is 28.4 Å². The third kappa shape index (κ3) is 12.8. The molecule has 8 rings (SSSR count). The summed E-state index contributed by atoms with van der Waals surface area (Å²) in [7, 11) is 0. The summed E-state index contributed by atoms with van der Waals surface area (Å²) < 4.78 is 37.0. The minimum absolute atomic E-state index is 0.330. The fourth-order valence-electron chi connectivity index (χ4n) is 6.39. The lowest BCUT2D eigenvalue weighted by molar-refractivity contribution is 0.281. The third-order valence-corrected chi connectivity index (χ3v) is 9.64. The zero-order valence-electron chi connectivity index (χ0n) is 34.2. The highest BCUT2D eigenvalue weighted by molar-refractivity contribution is 5.45. The molecule has 0 atom stereocenters. The van der Waals surface area contributed by atoms with Crippen LogP contribution in [-0.4, -0.2) is 0 Å². The van der Waals surface area contributed by atoms with Crippen molar-refractivity contribution in [2.45, 2.75) is 39.6 Å². The Morgan fingerprint density at radius 1 is 0.226 bits per heavy atom. The highest BCUT2D eigenvalue weighted by atomic mass is 16.5. The fourth-order valence-corrected chi connectivity index (χ4v) is 6.39. The molecule has 308 valence electrons. The van der Waals surface area contributed by atoms with Gasteiger partial charge in [-0.25, -0.2) is 0 Å². The summed E-state index contributed by atoms with van der Waals surface area (Å²) in [5.74, 6) is 4.25. The lowest BCUT2D eigenvalue weighted by Crippen LogP contribution is -2.01. The molecule has 0 N–H and O–H groups in total. The first-order chi connectivity index (χ1) is 30.6. The summed E-state index contributed by atoms with van der Waals surface area (Å²) >= 11 is 0. The van der Waals surface area contributed by atoms with Crippen molar-refractivity contribution in [3.8, 4) is 34.5 Å². The van der Waals surface area contributed by atoms with Gasteiger partial charge in [-0.2, -0.15) is 10.2 Å². The van der Waals surface area contributed by atoms with Crippen LogP contribution in [0.4, 0.5) is 11.4 Å². The van der Waals surface area contributed by atoms with Gasteiger partial charge in [0.1, 0.15) is 74.1 Å². The van der Waals surface area contributed by atoms with Crippen molar-refractivity contribution in [3.63, 3.8) is 0 Å². The molecule has 0 saturated carbocycles. The van der Waals surface area contributed by atoms with Crippen LogP contribution in [0.15, 0.2) is 216 Å². The topological polar surface area (TPSA) is 80.1 Å². The molecule has 0 aromatic heterocycles. The molecule has 0 bridgehead atoms. The number of azo groups is 1. The van der Waals surface area contributed by atoms with Gasteiger partial charge >= 0.3 is 0 Å². The summed E-state index contributed by atoms with van der Waals surface area (Å²) in [4.78, 5) is 0. The molecule has 8 nitrogen and oxygen atoms in total. The summed E-state index contributed by atoms with van der Waals surface area (Å²) in [6, 6.07) is 67.1. The molecule has 0 aliphatic rings. The highest BCUT2D eigenvalue weighted by Gasteiger charge is 2.09. The predicted octanol–water partition coefficient (Wildman–Crippen LogP) is 13.6. The minimum Gasteiger partial charge on any atom is -0.489 e. The Hall–Kier alpha value is -7.84. The summed E-state index contributed by atoms with van der Waals surface area (Å²) in [5, 5.41) is 8.88. The molecule has 0 heterocycles. The average molecular weight is 819 g/mol. The van der Waals surface area contributed by atoms with Crippen LogP contribution < -0.4 is 28.4 Å². The van der Waals surface area contributed by atoms with Gasteiger partial charge in [-0.1, -0.05) is 121 Å². The molecule has 8 aromatic carbocycles. The molecular formula is C54H46N2O6. The first kappa shape index (κ1) is 40.9. The number of rotatable bonds is 20. The van der Waals surface area contributed by atoms with Crippen molar-refractivity contribution in [3.05, 3.63) is 240 Å². The van der Waals surface area contributed by atoms with E-state index in [0.29, 0.717) is 85.5 Å². The second-order valence-electron chi connectivity index (χ2n) is 14.5. The smallest absolute Gasteiger partial charge is 0.123 e. The van der Waals surface area contributed by atoms with Crippen LogP contribution >= 0.6 is 0 Å². The predicted molar refractivity (Wildman–Crippen MR) is 242 cm³/mol. The van der Waals surface area contributed by atoms with Gasteiger partial charge in [0, 0.05) is 12.1 Å². The monoisotopic (exact) mass is 818 g/mol. The molecule has 8 heteroatoms. The minimum atomic E-state index is 0.330. The van der Waals surface area contributed by atoms with E-state index >= 15 is 0 Å². The first-order valence-electron chi connectivity index (χ1n) is 20.5. The van der Waals surface area contributed by atoms with Gasteiger partial charge in [-0.15, -0.1) is 0 Å². The van der Waals surface area contributed by atoms with E-state index in [-0.39, 0.29) is 0 Å². The molecule has 0 fully saturated rings. The number of hydrogen-bond donors (Lipinski definition) is 0. The van der Waals surface area contributed by atoms with Gasteiger partial charge < -0.3 is 28.4 Å². The molecule has 0 aliphatic carbocycles. The second-order valence-corrected chi connectivity index (χ2v) is 14.5. The van der Waals surface area contributed by atoms with Gasteiger partial charge in [0.05, 0.1) is 11.4 Å². The molecule has 0 unspecified atom stereocenters. The maximum atomic E-state index is 6.18. The van der Waals surface area contributed by atoms with E-state index in [4.69, 9.17) is 28.4 Å². The van der Waals surface area contributed by atoms with E-state index in [0.717, 1.165) is 33.4 Å². The molecule has 0 spiro atoms. The molecule has 0 aliphatic heterocycles. The summed E-state index contributed by atoms with van der Waals surface area (Å²) in [6.45, 7) is 2.46. The van der Waals surface area contributed by atoms with Crippen LogP contribution in [0, 0.1) is 0 Å². The van der Waals surface area contributed by atoms with Crippen LogP contribution in [0.5, 0.6) is 34.5 Å². The van der Waals surface area contributed by atoms with Crippen LogP contribution in [0.2, 0.25) is 0 Å². The van der Waals surface area contributed by atoms with Crippen LogP contribution in [0.25, 0.3) is 0 Å². The third-order valence-electron chi connectivity index (χ3n) is 9.64. The first-order valence-corrected chi connectivity index (χ1v) is 20.5. The Morgan fingerprint density at radius 3 is 0.742 bits per heavy atom. The van der Waals surface area contributed by atoms with Gasteiger partial charge in [-0.3, -0.25) is 0 Å². The number of ether oxygens (including phenoxy) is 6. The Bertz CT molecular complexity index is 2300. The fraction of sp³-hybridized carbons (Fsp3) is 0.111. The molecule has 8 aromatic rings. The Balaban J connectivity index is 0.851. The Labute approximate surface area is 362 Å². The summed E-state index contributed by atoms with van der Waals surface area (Å²) in [6.07, 6.45) is 0. The lowest BCUT2D eigenvalue weighted by Gasteiger charge is -2.14. The SMILES string of the molecule is c1ccc(COc2cc(COc3ccc(N=Nc4ccc(OCc5cc(OCc6ccccc6)cc(OCc6ccccc6)c5)cc4)cc3)cc(OCc3ccccc3)c2)cc1. The van der Waals surface area contributed by atoms with Gasteiger partial charge in [0.2, 0.25) is 0 Å². The maximum Gasteiger partial charge on any atom is 0.123 e. The summed E-state index contributed by atoms with van der Waals surface area (Å²) in [5.41, 5.74) is 7.59. The van der Waals surface area contributed by atoms with Crippen molar-refractivity contribution >= 4 is 11.4 Å². The number of benzene rings is 8. The largest absolute Gasteiger partial charge is 0.489 e. The number of nitrogens with zero attached hydrogens (tertiary/aromatic N) is 2. The molecule has 62 heavy (non-hydrogen) atoms. The second kappa shape index (κ2) is 21.4. The van der Waals surface area contributed by atoms with E-state index in [2.05, 4.69) is 10.2 Å². The van der Waals surface area contributed by atoms with Crippen LogP contribution in [-0.2, 0) is 39.6 Å². The zero-order chi connectivity index (χ0) is 42.0. The van der Waals surface area contributed by atoms with Gasteiger partial charge in [-0.05, 0) is 106 Å². The van der Waals surface area contributed by atoms with E-state index in [9.17, 15) is 0 Å². The van der Waals surface area contributed by atoms with E-state index < -0.39 is 0 Å². The maximum absolute atomic E-state index is 6.18.